The number of hydrogen-bond donors (Lipinski definition) is 0. The fourth-order valence-electron chi connectivity index (χ4n) is 9.61. The predicted molar refractivity (Wildman–Crippen MR) is 250 cm³/mol. The lowest BCUT2D eigenvalue weighted by molar-refractivity contribution is 0.443. The standard InChI is InChI=1S/C55H35BN2O5/c1-34-16-2-3-17-36(34)37-18-4-9-27-46(37)59-35-32-51-53-52(33-35)63-55-39(20-15-26-45(55)58-42-23-7-12-30-49(42)61-50-31-13-8-24-43(50)58)56(53)38-19-14-25-44(54(38)62-51)57-40-21-5-10-28-47(40)60-48-29-11-6-22-41(48)57/h2-33H,1H3. The van der Waals surface area contributed by atoms with Gasteiger partial charge in [-0.15, -0.1) is 0 Å². The Kier molecular flexibility index (Phi) is 7.78. The normalized spacial score (nSPS) is 13.3. The van der Waals surface area contributed by atoms with E-state index in [9.17, 15) is 0 Å². The number of aryl methyl sites for hydroxylation is 1. The summed E-state index contributed by atoms with van der Waals surface area (Å²) in [4.78, 5) is 4.49. The van der Waals surface area contributed by atoms with E-state index in [2.05, 4.69) is 108 Å². The summed E-state index contributed by atoms with van der Waals surface area (Å²) in [5.74, 6) is 7.19. The third-order valence-electron chi connectivity index (χ3n) is 12.4. The van der Waals surface area contributed by atoms with Gasteiger partial charge in [0.05, 0.1) is 34.1 Å². The maximum atomic E-state index is 7.24. The molecular weight excluding hydrogens is 779 g/mol. The zero-order valence-corrected chi connectivity index (χ0v) is 34.0. The maximum absolute atomic E-state index is 7.24. The summed E-state index contributed by atoms with van der Waals surface area (Å²) >= 11 is 0. The van der Waals surface area contributed by atoms with Gasteiger partial charge in [0, 0.05) is 23.2 Å². The van der Waals surface area contributed by atoms with Crippen LogP contribution >= 0.6 is 0 Å². The molecule has 0 radical (unpaired) electrons. The molecule has 13 rings (SSSR count). The van der Waals surface area contributed by atoms with E-state index in [1.807, 2.05) is 103 Å². The fourth-order valence-corrected chi connectivity index (χ4v) is 9.61. The molecule has 4 aliphatic rings. The first-order chi connectivity index (χ1) is 31.2. The largest absolute Gasteiger partial charge is 0.456 e. The molecule has 8 heteroatoms. The van der Waals surface area contributed by atoms with E-state index in [-0.39, 0.29) is 6.71 Å². The monoisotopic (exact) mass is 814 g/mol. The second-order valence-electron chi connectivity index (χ2n) is 16.0. The smallest absolute Gasteiger partial charge is 0.260 e. The second-order valence-corrected chi connectivity index (χ2v) is 16.0. The highest BCUT2D eigenvalue weighted by Crippen LogP contribution is 2.55. The molecule has 0 N–H and O–H groups in total. The van der Waals surface area contributed by atoms with Gasteiger partial charge in [-0.1, -0.05) is 115 Å². The van der Waals surface area contributed by atoms with Crippen LogP contribution in [-0.4, -0.2) is 6.71 Å². The zero-order valence-electron chi connectivity index (χ0n) is 34.0. The first kappa shape index (κ1) is 35.4. The molecule has 0 saturated carbocycles. The zero-order chi connectivity index (χ0) is 41.6. The SMILES string of the molecule is Cc1ccccc1-c1ccccc1Oc1cc2c3c(c1)Oc1c(cccc1N1c4ccccc4Oc4ccccc41)B3c1cccc(N3c4ccccc4Oc4ccccc43)c1O2. The first-order valence-corrected chi connectivity index (χ1v) is 21.1. The molecule has 7 nitrogen and oxygen atoms in total. The number of fused-ring (bicyclic) bond motifs is 8. The highest BCUT2D eigenvalue weighted by atomic mass is 16.5. The van der Waals surface area contributed by atoms with Crippen molar-refractivity contribution in [2.75, 3.05) is 9.80 Å². The average molecular weight is 815 g/mol. The van der Waals surface area contributed by atoms with Gasteiger partial charge < -0.3 is 23.7 Å². The Morgan fingerprint density at radius 3 is 1.29 bits per heavy atom. The van der Waals surface area contributed by atoms with Gasteiger partial charge in [-0.25, -0.2) is 0 Å². The van der Waals surface area contributed by atoms with Crippen molar-refractivity contribution in [3.05, 3.63) is 200 Å². The lowest BCUT2D eigenvalue weighted by Gasteiger charge is -2.39. The number of anilines is 6. The Balaban J connectivity index is 1.03. The molecule has 0 bridgehead atoms. The molecule has 9 aromatic carbocycles. The van der Waals surface area contributed by atoms with Crippen molar-refractivity contribution in [1.29, 1.82) is 0 Å². The summed E-state index contributed by atoms with van der Waals surface area (Å²) in [6.07, 6.45) is 0. The van der Waals surface area contributed by atoms with Crippen molar-refractivity contribution in [2.24, 2.45) is 0 Å². The van der Waals surface area contributed by atoms with Gasteiger partial charge in [0.1, 0.15) is 34.5 Å². The molecule has 298 valence electrons. The molecule has 0 fully saturated rings. The summed E-state index contributed by atoms with van der Waals surface area (Å²) in [6, 6.07) is 65.9. The van der Waals surface area contributed by atoms with Crippen LogP contribution in [0.4, 0.5) is 34.1 Å². The summed E-state index contributed by atoms with van der Waals surface area (Å²) < 4.78 is 34.3. The molecule has 0 aliphatic carbocycles. The van der Waals surface area contributed by atoms with Gasteiger partial charge in [-0.2, -0.15) is 0 Å². The highest BCUT2D eigenvalue weighted by molar-refractivity contribution is 6.98. The van der Waals surface area contributed by atoms with Crippen LogP contribution in [-0.2, 0) is 0 Å². The third-order valence-corrected chi connectivity index (χ3v) is 12.4. The third kappa shape index (κ3) is 5.48. The van der Waals surface area contributed by atoms with E-state index in [1.54, 1.807) is 0 Å². The molecule has 0 spiro atoms. The summed E-state index contributed by atoms with van der Waals surface area (Å²) in [5, 5.41) is 0. The van der Waals surface area contributed by atoms with Crippen molar-refractivity contribution in [1.82, 2.24) is 0 Å². The minimum atomic E-state index is -0.256. The Bertz CT molecular complexity index is 3090. The van der Waals surface area contributed by atoms with E-state index in [1.165, 1.54) is 0 Å². The average Bonchev–Trinajstić information content (AvgIpc) is 3.32. The lowest BCUT2D eigenvalue weighted by Crippen LogP contribution is -2.57. The molecule has 0 saturated heterocycles. The van der Waals surface area contributed by atoms with E-state index < -0.39 is 0 Å². The van der Waals surface area contributed by atoms with Gasteiger partial charge >= 0.3 is 0 Å². The van der Waals surface area contributed by atoms with Crippen LogP contribution in [0, 0.1) is 6.92 Å². The van der Waals surface area contributed by atoms with Crippen molar-refractivity contribution in [3.8, 4) is 68.6 Å². The molecule has 9 aromatic rings. The topological polar surface area (TPSA) is 52.6 Å². The van der Waals surface area contributed by atoms with Gasteiger partial charge in [-0.05, 0) is 95.7 Å². The maximum Gasteiger partial charge on any atom is 0.260 e. The Morgan fingerprint density at radius 1 is 0.381 bits per heavy atom. The van der Waals surface area contributed by atoms with Crippen molar-refractivity contribution in [2.45, 2.75) is 6.92 Å². The van der Waals surface area contributed by atoms with Crippen molar-refractivity contribution >= 4 is 57.2 Å². The predicted octanol–water partition coefficient (Wildman–Crippen LogP) is 13.3. The van der Waals surface area contributed by atoms with E-state index >= 15 is 0 Å². The van der Waals surface area contributed by atoms with Crippen molar-refractivity contribution < 1.29 is 23.7 Å². The van der Waals surface area contributed by atoms with E-state index in [0.29, 0.717) is 17.2 Å². The van der Waals surface area contributed by atoms with Crippen molar-refractivity contribution in [3.63, 3.8) is 0 Å². The first-order valence-electron chi connectivity index (χ1n) is 21.1. The minimum Gasteiger partial charge on any atom is -0.456 e. The Hall–Kier alpha value is -8.36. The van der Waals surface area contributed by atoms with Gasteiger partial charge in [0.25, 0.3) is 6.71 Å². The van der Waals surface area contributed by atoms with Crippen LogP contribution in [0.1, 0.15) is 5.56 Å². The number of ether oxygens (including phenoxy) is 5. The quantitative estimate of drug-likeness (QED) is 0.160. The van der Waals surface area contributed by atoms with Gasteiger partial charge in [0.2, 0.25) is 0 Å². The summed E-state index contributed by atoms with van der Waals surface area (Å²) in [5.41, 5.74) is 11.7. The van der Waals surface area contributed by atoms with E-state index in [0.717, 1.165) is 107 Å². The number of rotatable bonds is 5. The van der Waals surface area contributed by atoms with Crippen LogP contribution in [0.25, 0.3) is 11.1 Å². The molecule has 63 heavy (non-hydrogen) atoms. The number of benzene rings is 9. The Morgan fingerprint density at radius 2 is 0.794 bits per heavy atom. The molecule has 4 heterocycles. The molecule has 0 atom stereocenters. The molecule has 4 aliphatic heterocycles. The summed E-state index contributed by atoms with van der Waals surface area (Å²) in [6.45, 7) is 1.87. The number of nitrogens with zero attached hydrogens (tertiary/aromatic N) is 2. The molecular formula is C55H35BN2O5. The fraction of sp³-hybridized carbons (Fsp3) is 0.0182. The minimum absolute atomic E-state index is 0.256. The molecule has 0 aromatic heterocycles. The Labute approximate surface area is 364 Å². The van der Waals surface area contributed by atoms with Crippen LogP contribution in [0.2, 0.25) is 0 Å². The summed E-state index contributed by atoms with van der Waals surface area (Å²) in [7, 11) is 0. The van der Waals surface area contributed by atoms with Gasteiger partial charge in [0.15, 0.2) is 23.0 Å². The van der Waals surface area contributed by atoms with Crippen LogP contribution in [0.3, 0.4) is 0 Å². The van der Waals surface area contributed by atoms with Crippen LogP contribution in [0.15, 0.2) is 194 Å². The molecule has 0 amide bonds. The number of para-hydroxylation sites is 11. The lowest BCUT2D eigenvalue weighted by atomic mass is 9.34. The van der Waals surface area contributed by atoms with Crippen LogP contribution < -0.4 is 49.9 Å². The second kappa shape index (κ2) is 13.8. The highest BCUT2D eigenvalue weighted by Gasteiger charge is 2.44. The molecule has 0 unspecified atom stereocenters. The number of hydrogen-bond acceptors (Lipinski definition) is 7. The van der Waals surface area contributed by atoms with Gasteiger partial charge in [-0.3, -0.25) is 9.80 Å². The van der Waals surface area contributed by atoms with E-state index in [4.69, 9.17) is 23.7 Å². The van der Waals surface area contributed by atoms with Crippen LogP contribution in [0.5, 0.6) is 57.5 Å².